The van der Waals surface area contributed by atoms with E-state index < -0.39 is 0 Å². The van der Waals surface area contributed by atoms with E-state index in [1.165, 1.54) is 34.6 Å². The molecule has 3 nitrogen and oxygen atoms in total. The molecule has 1 aliphatic rings. The molecular weight excluding hydrogens is 268 g/mol. The Balaban J connectivity index is 1.54. The van der Waals surface area contributed by atoms with Crippen LogP contribution in [0.2, 0.25) is 0 Å². The third kappa shape index (κ3) is 3.02. The molecule has 0 fully saturated rings. The fourth-order valence-electron chi connectivity index (χ4n) is 2.61. The Morgan fingerprint density at radius 3 is 3.00 bits per heavy atom. The van der Waals surface area contributed by atoms with Gasteiger partial charge in [-0.15, -0.1) is 11.3 Å². The highest BCUT2D eigenvalue weighted by atomic mass is 32.1. The van der Waals surface area contributed by atoms with Gasteiger partial charge >= 0.3 is 0 Å². The number of benzene rings is 1. The number of nitrogens with one attached hydrogen (secondary N) is 1. The van der Waals surface area contributed by atoms with Gasteiger partial charge in [0.25, 0.3) is 0 Å². The average Bonchev–Trinajstić information content (AvgIpc) is 2.97. The number of carbonyl (C=O) groups is 1. The van der Waals surface area contributed by atoms with Crippen LogP contribution in [-0.4, -0.2) is 5.91 Å². The number of amides is 1. The molecule has 3 N–H and O–H groups in total. The van der Waals surface area contributed by atoms with Gasteiger partial charge in [0.05, 0.1) is 13.0 Å². The first-order chi connectivity index (χ1) is 9.70. The number of nitrogen functional groups attached to an aromatic ring is 1. The maximum absolute atomic E-state index is 11.9. The van der Waals surface area contributed by atoms with Crippen LogP contribution >= 0.6 is 11.3 Å². The molecule has 0 spiro atoms. The molecule has 0 saturated carbocycles. The smallest absolute Gasteiger partial charge is 0.224 e. The lowest BCUT2D eigenvalue weighted by Gasteiger charge is -2.04. The van der Waals surface area contributed by atoms with Crippen LogP contribution in [0.5, 0.6) is 0 Å². The highest BCUT2D eigenvalue weighted by molar-refractivity contribution is 7.12. The molecule has 1 aromatic heterocycles. The largest absolute Gasteiger partial charge is 0.399 e. The van der Waals surface area contributed by atoms with E-state index in [0.717, 1.165) is 5.56 Å². The molecule has 4 heteroatoms. The second-order valence-electron chi connectivity index (χ2n) is 5.21. The van der Waals surface area contributed by atoms with Crippen molar-refractivity contribution in [3.05, 3.63) is 51.2 Å². The number of hydrogen-bond acceptors (Lipinski definition) is 3. The van der Waals surface area contributed by atoms with E-state index in [-0.39, 0.29) is 5.91 Å². The average molecular weight is 286 g/mol. The van der Waals surface area contributed by atoms with Crippen LogP contribution in [0, 0.1) is 0 Å². The van der Waals surface area contributed by atoms with Crippen molar-refractivity contribution in [3.63, 3.8) is 0 Å². The van der Waals surface area contributed by atoms with Gasteiger partial charge in [-0.1, -0.05) is 12.1 Å². The van der Waals surface area contributed by atoms with Gasteiger partial charge in [0, 0.05) is 15.4 Å². The van der Waals surface area contributed by atoms with Crippen molar-refractivity contribution in [3.8, 4) is 0 Å². The van der Waals surface area contributed by atoms with Crippen LogP contribution in [0.4, 0.5) is 5.69 Å². The molecular formula is C16H18N2OS. The summed E-state index contributed by atoms with van der Waals surface area (Å²) in [6.45, 7) is 0.638. The first-order valence-electron chi connectivity index (χ1n) is 6.92. The maximum atomic E-state index is 11.9. The van der Waals surface area contributed by atoms with Crippen molar-refractivity contribution in [1.29, 1.82) is 0 Å². The Hall–Kier alpha value is -1.81. The zero-order valence-corrected chi connectivity index (χ0v) is 12.1. The van der Waals surface area contributed by atoms with E-state index in [1.807, 2.05) is 35.6 Å². The van der Waals surface area contributed by atoms with E-state index in [9.17, 15) is 4.79 Å². The van der Waals surface area contributed by atoms with Crippen molar-refractivity contribution in [2.45, 2.75) is 32.2 Å². The number of thiophene rings is 1. The second-order valence-corrected chi connectivity index (χ2v) is 6.43. The quantitative estimate of drug-likeness (QED) is 0.849. The van der Waals surface area contributed by atoms with E-state index in [4.69, 9.17) is 5.73 Å². The number of aryl methyl sites for hydroxylation is 2. The minimum atomic E-state index is 0.0455. The van der Waals surface area contributed by atoms with Crippen LogP contribution in [0.25, 0.3) is 0 Å². The van der Waals surface area contributed by atoms with Gasteiger partial charge in [-0.25, -0.2) is 0 Å². The SMILES string of the molecule is Nc1cccc(CC(=O)NCc2cc3c(s2)CCC3)c1. The van der Waals surface area contributed by atoms with Crippen LogP contribution in [0.3, 0.4) is 0 Å². The van der Waals surface area contributed by atoms with Crippen molar-refractivity contribution < 1.29 is 4.79 Å². The number of rotatable bonds is 4. The zero-order chi connectivity index (χ0) is 13.9. The monoisotopic (exact) mass is 286 g/mol. The van der Waals surface area contributed by atoms with Crippen molar-refractivity contribution in [1.82, 2.24) is 5.32 Å². The van der Waals surface area contributed by atoms with Gasteiger partial charge in [0.15, 0.2) is 0 Å². The molecule has 0 bridgehead atoms. The number of carbonyl (C=O) groups excluding carboxylic acids is 1. The molecule has 0 unspecified atom stereocenters. The molecule has 0 saturated heterocycles. The Bertz CT molecular complexity index is 612. The predicted octanol–water partition coefficient (Wildman–Crippen LogP) is 2.68. The Kier molecular flexibility index (Phi) is 3.74. The molecule has 1 aliphatic carbocycles. The minimum Gasteiger partial charge on any atom is -0.399 e. The van der Waals surface area contributed by atoms with Gasteiger partial charge in [-0.2, -0.15) is 0 Å². The molecule has 3 rings (SSSR count). The zero-order valence-electron chi connectivity index (χ0n) is 11.3. The summed E-state index contributed by atoms with van der Waals surface area (Å²) in [7, 11) is 0. The van der Waals surface area contributed by atoms with Gasteiger partial charge < -0.3 is 11.1 Å². The molecule has 0 radical (unpaired) electrons. The highest BCUT2D eigenvalue weighted by Crippen LogP contribution is 2.30. The van der Waals surface area contributed by atoms with Crippen LogP contribution in [0.15, 0.2) is 30.3 Å². The van der Waals surface area contributed by atoms with Crippen LogP contribution in [-0.2, 0) is 30.6 Å². The molecule has 1 aromatic carbocycles. The van der Waals surface area contributed by atoms with E-state index in [1.54, 1.807) is 0 Å². The summed E-state index contributed by atoms with van der Waals surface area (Å²) in [4.78, 5) is 14.7. The highest BCUT2D eigenvalue weighted by Gasteiger charge is 2.14. The third-order valence-electron chi connectivity index (χ3n) is 3.57. The summed E-state index contributed by atoms with van der Waals surface area (Å²) in [5.74, 6) is 0.0455. The Morgan fingerprint density at radius 2 is 2.20 bits per heavy atom. The van der Waals surface area contributed by atoms with E-state index >= 15 is 0 Å². The number of nitrogens with two attached hydrogens (primary N) is 1. The summed E-state index contributed by atoms with van der Waals surface area (Å²) >= 11 is 1.84. The molecule has 1 heterocycles. The predicted molar refractivity (Wildman–Crippen MR) is 82.7 cm³/mol. The molecule has 20 heavy (non-hydrogen) atoms. The fraction of sp³-hybridized carbons (Fsp3) is 0.312. The summed E-state index contributed by atoms with van der Waals surface area (Å²) < 4.78 is 0. The first-order valence-corrected chi connectivity index (χ1v) is 7.74. The second kappa shape index (κ2) is 5.67. The van der Waals surface area contributed by atoms with E-state index in [0.29, 0.717) is 18.7 Å². The normalized spacial score (nSPS) is 13.2. The Morgan fingerprint density at radius 1 is 1.30 bits per heavy atom. The number of hydrogen-bond donors (Lipinski definition) is 2. The van der Waals surface area contributed by atoms with Gasteiger partial charge in [0.1, 0.15) is 0 Å². The van der Waals surface area contributed by atoms with Crippen molar-refractivity contribution in [2.75, 3.05) is 5.73 Å². The summed E-state index contributed by atoms with van der Waals surface area (Å²) in [6, 6.07) is 9.72. The molecule has 104 valence electrons. The molecule has 1 amide bonds. The lowest BCUT2D eigenvalue weighted by molar-refractivity contribution is -0.120. The maximum Gasteiger partial charge on any atom is 0.224 e. The lowest BCUT2D eigenvalue weighted by Crippen LogP contribution is -2.24. The third-order valence-corrected chi connectivity index (χ3v) is 4.81. The summed E-state index contributed by atoms with van der Waals surface area (Å²) in [5, 5.41) is 2.99. The molecule has 2 aromatic rings. The van der Waals surface area contributed by atoms with Crippen LogP contribution < -0.4 is 11.1 Å². The fourth-order valence-corrected chi connectivity index (χ4v) is 3.81. The summed E-state index contributed by atoms with van der Waals surface area (Å²) in [6.07, 6.45) is 4.07. The van der Waals surface area contributed by atoms with Gasteiger partial charge in [-0.05, 0) is 48.6 Å². The van der Waals surface area contributed by atoms with Gasteiger partial charge in [0.2, 0.25) is 5.91 Å². The molecule has 0 aliphatic heterocycles. The number of anilines is 1. The van der Waals surface area contributed by atoms with E-state index in [2.05, 4.69) is 11.4 Å². The van der Waals surface area contributed by atoms with Crippen molar-refractivity contribution in [2.24, 2.45) is 0 Å². The topological polar surface area (TPSA) is 55.1 Å². The van der Waals surface area contributed by atoms with Crippen molar-refractivity contribution >= 4 is 22.9 Å². The minimum absolute atomic E-state index is 0.0455. The van der Waals surface area contributed by atoms with Crippen LogP contribution in [0.1, 0.15) is 27.3 Å². The Labute approximate surface area is 122 Å². The lowest BCUT2D eigenvalue weighted by atomic mass is 10.1. The standard InChI is InChI=1S/C16H18N2OS/c17-13-5-1-3-11(7-13)8-16(19)18-10-14-9-12-4-2-6-15(12)20-14/h1,3,5,7,9H,2,4,6,8,10,17H2,(H,18,19). The van der Waals surface area contributed by atoms with Gasteiger partial charge in [-0.3, -0.25) is 4.79 Å². The first kappa shape index (κ1) is 13.2. The molecule has 0 atom stereocenters. The number of fused-ring (bicyclic) bond motifs is 1. The summed E-state index contributed by atoms with van der Waals surface area (Å²) in [5.41, 5.74) is 8.85.